The van der Waals surface area contributed by atoms with Crippen molar-refractivity contribution in [2.75, 3.05) is 26.3 Å². The Kier molecular flexibility index (Phi) is 4.85. The van der Waals surface area contributed by atoms with Gasteiger partial charge in [-0.2, -0.15) is 4.31 Å². The van der Waals surface area contributed by atoms with Crippen molar-refractivity contribution >= 4 is 16.0 Å². The monoisotopic (exact) mass is 365 g/mol. The molecule has 1 heterocycles. The predicted molar refractivity (Wildman–Crippen MR) is 88.4 cm³/mol. The molecule has 1 fully saturated rings. The van der Waals surface area contributed by atoms with E-state index in [-0.39, 0.29) is 10.5 Å². The quantitative estimate of drug-likeness (QED) is 0.898. The van der Waals surface area contributed by atoms with E-state index in [2.05, 4.69) is 0 Å². The maximum Gasteiger partial charge on any atom is 0.338 e. The van der Waals surface area contributed by atoms with Gasteiger partial charge in [0.2, 0.25) is 10.0 Å². The SMILES string of the molecule is O=C(O)c1cccc(-c2ccc(S(=O)(=O)N3CCOCC3)cc2)c1F. The second-order valence-electron chi connectivity index (χ2n) is 5.51. The number of carbonyl (C=O) groups is 1. The van der Waals surface area contributed by atoms with E-state index in [1.54, 1.807) is 0 Å². The van der Waals surface area contributed by atoms with E-state index >= 15 is 0 Å². The van der Waals surface area contributed by atoms with Gasteiger partial charge in [-0.15, -0.1) is 0 Å². The average molecular weight is 365 g/mol. The van der Waals surface area contributed by atoms with Crippen LogP contribution in [0.15, 0.2) is 47.4 Å². The molecule has 8 heteroatoms. The van der Waals surface area contributed by atoms with Crippen molar-refractivity contribution in [1.82, 2.24) is 4.31 Å². The van der Waals surface area contributed by atoms with Crippen LogP contribution < -0.4 is 0 Å². The number of halogens is 1. The lowest BCUT2D eigenvalue weighted by atomic mass is 10.0. The number of nitrogens with zero attached hydrogens (tertiary/aromatic N) is 1. The summed E-state index contributed by atoms with van der Waals surface area (Å²) >= 11 is 0. The van der Waals surface area contributed by atoms with Crippen molar-refractivity contribution in [3.8, 4) is 11.1 Å². The second-order valence-corrected chi connectivity index (χ2v) is 7.45. The molecular formula is C17H16FNO5S. The first kappa shape index (κ1) is 17.5. The third kappa shape index (κ3) is 3.41. The number of morpholine rings is 1. The number of sulfonamides is 1. The fourth-order valence-electron chi connectivity index (χ4n) is 2.66. The normalized spacial score (nSPS) is 15.9. The summed E-state index contributed by atoms with van der Waals surface area (Å²) in [5.41, 5.74) is 0.0827. The average Bonchev–Trinajstić information content (AvgIpc) is 2.62. The van der Waals surface area contributed by atoms with Crippen LogP contribution in [0.3, 0.4) is 0 Å². The molecular weight excluding hydrogens is 349 g/mol. The first-order valence-corrected chi connectivity index (χ1v) is 9.05. The maximum absolute atomic E-state index is 14.3. The van der Waals surface area contributed by atoms with Gasteiger partial charge < -0.3 is 9.84 Å². The Labute approximate surface area is 144 Å². The van der Waals surface area contributed by atoms with Crippen molar-refractivity contribution in [2.24, 2.45) is 0 Å². The minimum absolute atomic E-state index is 0.105. The zero-order valence-corrected chi connectivity index (χ0v) is 14.0. The van der Waals surface area contributed by atoms with E-state index < -0.39 is 27.4 Å². The van der Waals surface area contributed by atoms with Gasteiger partial charge >= 0.3 is 5.97 Å². The molecule has 3 rings (SSSR count). The Morgan fingerprint density at radius 2 is 1.72 bits per heavy atom. The molecule has 0 spiro atoms. The molecule has 0 amide bonds. The van der Waals surface area contributed by atoms with Gasteiger partial charge in [-0.3, -0.25) is 0 Å². The zero-order valence-electron chi connectivity index (χ0n) is 13.2. The molecule has 0 unspecified atom stereocenters. The minimum Gasteiger partial charge on any atom is -0.478 e. The molecule has 1 N–H and O–H groups in total. The topological polar surface area (TPSA) is 83.9 Å². The van der Waals surface area contributed by atoms with Crippen molar-refractivity contribution in [3.05, 3.63) is 53.8 Å². The van der Waals surface area contributed by atoms with Gasteiger partial charge in [-0.05, 0) is 23.8 Å². The van der Waals surface area contributed by atoms with Crippen LogP contribution >= 0.6 is 0 Å². The predicted octanol–water partition coefficient (Wildman–Crippen LogP) is 2.21. The van der Waals surface area contributed by atoms with Crippen molar-refractivity contribution in [1.29, 1.82) is 0 Å². The van der Waals surface area contributed by atoms with E-state index in [9.17, 15) is 17.6 Å². The third-order valence-electron chi connectivity index (χ3n) is 4.00. The first-order valence-electron chi connectivity index (χ1n) is 7.61. The number of hydrogen-bond donors (Lipinski definition) is 1. The van der Waals surface area contributed by atoms with Crippen molar-refractivity contribution in [3.63, 3.8) is 0 Å². The van der Waals surface area contributed by atoms with E-state index in [1.807, 2.05) is 0 Å². The van der Waals surface area contributed by atoms with Crippen LogP contribution in [-0.2, 0) is 14.8 Å². The van der Waals surface area contributed by atoms with Crippen molar-refractivity contribution < 1.29 is 27.4 Å². The Balaban J connectivity index is 1.93. The van der Waals surface area contributed by atoms with E-state index in [0.29, 0.717) is 31.9 Å². The molecule has 1 aliphatic heterocycles. The molecule has 0 atom stereocenters. The summed E-state index contributed by atoms with van der Waals surface area (Å²) in [7, 11) is -3.63. The Hall–Kier alpha value is -2.29. The number of carboxylic acid groups (broad SMARTS) is 1. The highest BCUT2D eigenvalue weighted by Gasteiger charge is 2.26. The lowest BCUT2D eigenvalue weighted by Gasteiger charge is -2.26. The molecule has 6 nitrogen and oxygen atoms in total. The van der Waals surface area contributed by atoms with Gasteiger partial charge in [-0.1, -0.05) is 24.3 Å². The molecule has 1 aliphatic rings. The lowest BCUT2D eigenvalue weighted by molar-refractivity contribution is 0.0692. The van der Waals surface area contributed by atoms with Crippen molar-refractivity contribution in [2.45, 2.75) is 4.90 Å². The van der Waals surface area contributed by atoms with Crippen LogP contribution in [-0.4, -0.2) is 50.1 Å². The van der Waals surface area contributed by atoms with Crippen LogP contribution in [0.5, 0.6) is 0 Å². The fraction of sp³-hybridized carbons (Fsp3) is 0.235. The maximum atomic E-state index is 14.3. The molecule has 132 valence electrons. The number of ether oxygens (including phenoxy) is 1. The molecule has 0 aromatic heterocycles. The molecule has 0 saturated carbocycles. The fourth-order valence-corrected chi connectivity index (χ4v) is 4.07. The van der Waals surface area contributed by atoms with Crippen LogP contribution in [0.4, 0.5) is 4.39 Å². The van der Waals surface area contributed by atoms with Crippen LogP contribution in [0.25, 0.3) is 11.1 Å². The summed E-state index contributed by atoms with van der Waals surface area (Å²) in [4.78, 5) is 11.1. The lowest BCUT2D eigenvalue weighted by Crippen LogP contribution is -2.40. The standard InChI is InChI=1S/C17H16FNO5S/c18-16-14(2-1-3-15(16)17(20)21)12-4-6-13(7-5-12)25(22,23)19-8-10-24-11-9-19/h1-7H,8-11H2,(H,20,21). The molecule has 0 bridgehead atoms. The van der Waals surface area contributed by atoms with Crippen LogP contribution in [0, 0.1) is 5.82 Å². The number of hydrogen-bond acceptors (Lipinski definition) is 4. The Morgan fingerprint density at radius 3 is 2.32 bits per heavy atom. The highest BCUT2D eigenvalue weighted by atomic mass is 32.2. The highest BCUT2D eigenvalue weighted by molar-refractivity contribution is 7.89. The molecule has 0 radical (unpaired) electrons. The summed E-state index contributed by atoms with van der Waals surface area (Å²) < 4.78 is 45.9. The van der Waals surface area contributed by atoms with Gasteiger partial charge in [-0.25, -0.2) is 17.6 Å². The van der Waals surface area contributed by atoms with E-state index in [0.717, 1.165) is 0 Å². The number of benzene rings is 2. The number of aromatic carboxylic acids is 1. The summed E-state index contributed by atoms with van der Waals surface area (Å²) in [5, 5.41) is 9.00. The largest absolute Gasteiger partial charge is 0.478 e. The van der Waals surface area contributed by atoms with Gasteiger partial charge in [0.25, 0.3) is 0 Å². The molecule has 2 aromatic rings. The molecule has 1 saturated heterocycles. The second kappa shape index (κ2) is 6.91. The summed E-state index contributed by atoms with van der Waals surface area (Å²) in [5.74, 6) is -2.20. The van der Waals surface area contributed by atoms with Crippen LogP contribution in [0.2, 0.25) is 0 Å². The van der Waals surface area contributed by atoms with E-state index in [4.69, 9.17) is 9.84 Å². The van der Waals surface area contributed by atoms with Gasteiger partial charge in [0, 0.05) is 18.7 Å². The summed E-state index contributed by atoms with van der Waals surface area (Å²) in [6, 6.07) is 9.81. The number of rotatable bonds is 4. The smallest absolute Gasteiger partial charge is 0.338 e. The highest BCUT2D eigenvalue weighted by Crippen LogP contribution is 2.27. The van der Waals surface area contributed by atoms with Crippen LogP contribution in [0.1, 0.15) is 10.4 Å². The summed E-state index contributed by atoms with van der Waals surface area (Å²) in [6.07, 6.45) is 0. The zero-order chi connectivity index (χ0) is 18.0. The van der Waals surface area contributed by atoms with Gasteiger partial charge in [0.1, 0.15) is 5.82 Å². The molecule has 2 aromatic carbocycles. The molecule has 25 heavy (non-hydrogen) atoms. The Morgan fingerprint density at radius 1 is 1.08 bits per heavy atom. The summed E-state index contributed by atoms with van der Waals surface area (Å²) in [6.45, 7) is 1.29. The van der Waals surface area contributed by atoms with Gasteiger partial charge in [0.15, 0.2) is 0 Å². The third-order valence-corrected chi connectivity index (χ3v) is 5.92. The van der Waals surface area contributed by atoms with Gasteiger partial charge in [0.05, 0.1) is 23.7 Å². The minimum atomic E-state index is -3.63. The Bertz CT molecular complexity index is 890. The first-order chi connectivity index (χ1) is 11.9. The number of carboxylic acids is 1. The van der Waals surface area contributed by atoms with E-state index in [1.165, 1.54) is 46.8 Å². The molecule has 0 aliphatic carbocycles.